The number of thioether (sulfide) groups is 1. The highest BCUT2D eigenvalue weighted by molar-refractivity contribution is 7.99. The molecular weight excluding hydrogens is 198 g/mol. The molecule has 2 heterocycles. The van der Waals surface area contributed by atoms with Gasteiger partial charge in [0.25, 0.3) is 0 Å². The lowest BCUT2D eigenvalue weighted by atomic mass is 10.4. The Bertz CT molecular complexity index is 242. The van der Waals surface area contributed by atoms with Crippen LogP contribution >= 0.6 is 34.7 Å². The molecule has 0 radical (unpaired) electrons. The molecule has 1 aromatic heterocycles. The van der Waals surface area contributed by atoms with E-state index in [4.69, 9.17) is 11.6 Å². The van der Waals surface area contributed by atoms with E-state index in [-0.39, 0.29) is 0 Å². The predicted octanol–water partition coefficient (Wildman–Crippen LogP) is 2.74. The molecule has 0 bridgehead atoms. The lowest BCUT2D eigenvalue weighted by Gasteiger charge is -2.04. The van der Waals surface area contributed by atoms with Crippen molar-refractivity contribution in [3.8, 4) is 0 Å². The quantitative estimate of drug-likeness (QED) is 0.757. The van der Waals surface area contributed by atoms with Crippen molar-refractivity contribution in [3.05, 3.63) is 21.3 Å². The third kappa shape index (κ3) is 1.72. The second-order valence-corrected chi connectivity index (χ2v) is 4.96. The number of thiophene rings is 1. The summed E-state index contributed by atoms with van der Waals surface area (Å²) in [7, 11) is 0. The average molecular weight is 206 g/mol. The van der Waals surface area contributed by atoms with Crippen LogP contribution in [0.25, 0.3) is 0 Å². The molecule has 1 atom stereocenters. The van der Waals surface area contributed by atoms with Crippen LogP contribution in [-0.4, -0.2) is 12.3 Å². The first-order valence-electron chi connectivity index (χ1n) is 3.45. The van der Waals surface area contributed by atoms with Gasteiger partial charge in [-0.05, 0) is 6.07 Å². The summed E-state index contributed by atoms with van der Waals surface area (Å²) in [5.41, 5.74) is 0. The molecule has 60 valence electrons. The van der Waals surface area contributed by atoms with Gasteiger partial charge in [0.1, 0.15) is 0 Å². The third-order valence-electron chi connectivity index (χ3n) is 1.56. The lowest BCUT2D eigenvalue weighted by molar-refractivity contribution is 0.761. The highest BCUT2D eigenvalue weighted by atomic mass is 35.5. The lowest BCUT2D eigenvalue weighted by Crippen LogP contribution is -2.10. The number of hydrogen-bond acceptors (Lipinski definition) is 3. The van der Waals surface area contributed by atoms with Crippen molar-refractivity contribution in [2.75, 3.05) is 12.3 Å². The maximum atomic E-state index is 5.81. The SMILES string of the molecule is Clc1csc(C2NCCS2)c1. The highest BCUT2D eigenvalue weighted by Gasteiger charge is 2.17. The van der Waals surface area contributed by atoms with E-state index in [2.05, 4.69) is 5.32 Å². The summed E-state index contributed by atoms with van der Waals surface area (Å²) >= 11 is 9.49. The Hall–Kier alpha value is 0.300. The Labute approximate surface area is 79.1 Å². The normalized spacial score (nSPS) is 24.3. The van der Waals surface area contributed by atoms with Gasteiger partial charge in [-0.2, -0.15) is 0 Å². The van der Waals surface area contributed by atoms with Crippen molar-refractivity contribution in [2.45, 2.75) is 5.37 Å². The maximum Gasteiger partial charge on any atom is 0.0883 e. The minimum Gasteiger partial charge on any atom is -0.300 e. The Balaban J connectivity index is 2.15. The molecule has 1 saturated heterocycles. The zero-order valence-corrected chi connectivity index (χ0v) is 8.23. The van der Waals surface area contributed by atoms with Gasteiger partial charge < -0.3 is 5.32 Å². The van der Waals surface area contributed by atoms with Gasteiger partial charge in [-0.3, -0.25) is 0 Å². The molecule has 0 amide bonds. The molecule has 1 fully saturated rings. The van der Waals surface area contributed by atoms with Crippen LogP contribution < -0.4 is 5.32 Å². The second kappa shape index (κ2) is 3.35. The summed E-state index contributed by atoms with van der Waals surface area (Å²) in [4.78, 5) is 1.34. The molecular formula is C7H8ClNS2. The Kier molecular flexibility index (Phi) is 2.42. The predicted molar refractivity (Wildman–Crippen MR) is 52.5 cm³/mol. The Morgan fingerprint density at radius 2 is 2.55 bits per heavy atom. The van der Waals surface area contributed by atoms with Gasteiger partial charge >= 0.3 is 0 Å². The summed E-state index contributed by atoms with van der Waals surface area (Å²) in [6.45, 7) is 1.12. The van der Waals surface area contributed by atoms with E-state index in [1.807, 2.05) is 23.2 Å². The van der Waals surface area contributed by atoms with Gasteiger partial charge in [-0.1, -0.05) is 11.6 Å². The molecule has 0 spiro atoms. The van der Waals surface area contributed by atoms with Gasteiger partial charge in [0.05, 0.1) is 10.4 Å². The molecule has 1 unspecified atom stereocenters. The van der Waals surface area contributed by atoms with Crippen molar-refractivity contribution >= 4 is 34.7 Å². The average Bonchev–Trinajstić information content (AvgIpc) is 2.55. The van der Waals surface area contributed by atoms with Gasteiger partial charge in [-0.15, -0.1) is 23.1 Å². The summed E-state index contributed by atoms with van der Waals surface area (Å²) in [5.74, 6) is 1.21. The molecule has 11 heavy (non-hydrogen) atoms. The standard InChI is InChI=1S/C7H8ClNS2/c8-5-3-6(11-4-5)7-9-1-2-10-7/h3-4,7,9H,1-2H2. The fourth-order valence-corrected chi connectivity index (χ4v) is 3.42. The largest absolute Gasteiger partial charge is 0.300 e. The molecule has 1 aliphatic heterocycles. The van der Waals surface area contributed by atoms with Crippen molar-refractivity contribution in [1.29, 1.82) is 0 Å². The Morgan fingerprint density at radius 3 is 3.09 bits per heavy atom. The van der Waals surface area contributed by atoms with Crippen LogP contribution in [-0.2, 0) is 0 Å². The van der Waals surface area contributed by atoms with E-state index >= 15 is 0 Å². The van der Waals surface area contributed by atoms with Crippen LogP contribution in [0.15, 0.2) is 11.4 Å². The topological polar surface area (TPSA) is 12.0 Å². The fraction of sp³-hybridized carbons (Fsp3) is 0.429. The summed E-state index contributed by atoms with van der Waals surface area (Å²) in [6.07, 6.45) is 0. The maximum absolute atomic E-state index is 5.81. The van der Waals surface area contributed by atoms with Crippen LogP contribution in [0.4, 0.5) is 0 Å². The van der Waals surface area contributed by atoms with Crippen LogP contribution in [0.3, 0.4) is 0 Å². The first kappa shape index (κ1) is 7.92. The van der Waals surface area contributed by atoms with E-state index in [0.717, 1.165) is 11.6 Å². The van der Waals surface area contributed by atoms with Gasteiger partial charge in [-0.25, -0.2) is 0 Å². The monoisotopic (exact) mass is 205 g/mol. The van der Waals surface area contributed by atoms with E-state index in [9.17, 15) is 0 Å². The third-order valence-corrected chi connectivity index (χ3v) is 4.25. The molecule has 1 aromatic rings. The highest BCUT2D eigenvalue weighted by Crippen LogP contribution is 2.34. The molecule has 1 nitrogen and oxygen atoms in total. The van der Waals surface area contributed by atoms with Crippen molar-refractivity contribution in [2.24, 2.45) is 0 Å². The molecule has 0 saturated carbocycles. The Morgan fingerprint density at radius 1 is 1.64 bits per heavy atom. The van der Waals surface area contributed by atoms with Gasteiger partial charge in [0.15, 0.2) is 0 Å². The summed E-state index contributed by atoms with van der Waals surface area (Å²) in [6, 6.07) is 2.04. The van der Waals surface area contributed by atoms with Crippen molar-refractivity contribution < 1.29 is 0 Å². The van der Waals surface area contributed by atoms with Crippen LogP contribution in [0.2, 0.25) is 5.02 Å². The van der Waals surface area contributed by atoms with E-state index in [1.54, 1.807) is 11.3 Å². The second-order valence-electron chi connectivity index (χ2n) is 2.37. The van der Waals surface area contributed by atoms with Crippen molar-refractivity contribution in [3.63, 3.8) is 0 Å². The van der Waals surface area contributed by atoms with E-state index in [1.165, 1.54) is 10.6 Å². The fourth-order valence-electron chi connectivity index (χ4n) is 1.07. The molecule has 1 N–H and O–H groups in total. The van der Waals surface area contributed by atoms with Crippen LogP contribution in [0.5, 0.6) is 0 Å². The minimum absolute atomic E-state index is 0.493. The van der Waals surface area contributed by atoms with Gasteiger partial charge in [0, 0.05) is 22.6 Å². The summed E-state index contributed by atoms with van der Waals surface area (Å²) in [5, 5.41) is 6.74. The smallest absolute Gasteiger partial charge is 0.0883 e. The summed E-state index contributed by atoms with van der Waals surface area (Å²) < 4.78 is 0. The molecule has 4 heteroatoms. The number of rotatable bonds is 1. The van der Waals surface area contributed by atoms with E-state index in [0.29, 0.717) is 5.37 Å². The first-order chi connectivity index (χ1) is 5.36. The minimum atomic E-state index is 0.493. The van der Waals surface area contributed by atoms with Crippen LogP contribution in [0, 0.1) is 0 Å². The molecule has 2 rings (SSSR count). The number of nitrogens with one attached hydrogen (secondary N) is 1. The number of halogens is 1. The van der Waals surface area contributed by atoms with Gasteiger partial charge in [0.2, 0.25) is 0 Å². The first-order valence-corrected chi connectivity index (χ1v) is 5.76. The molecule has 1 aliphatic rings. The van der Waals surface area contributed by atoms with Crippen LogP contribution in [0.1, 0.15) is 10.3 Å². The van der Waals surface area contributed by atoms with Crippen molar-refractivity contribution in [1.82, 2.24) is 5.32 Å². The van der Waals surface area contributed by atoms with E-state index < -0.39 is 0 Å². The molecule has 0 aromatic carbocycles. The molecule has 0 aliphatic carbocycles. The zero-order valence-electron chi connectivity index (χ0n) is 5.84. The zero-order chi connectivity index (χ0) is 7.68. The number of hydrogen-bond donors (Lipinski definition) is 1.